The topological polar surface area (TPSA) is 17.8 Å². The first kappa shape index (κ1) is 17.7. The van der Waals surface area contributed by atoms with E-state index in [0.29, 0.717) is 0 Å². The molecule has 150 valence electrons. The first-order valence-corrected chi connectivity index (χ1v) is 11.6. The number of rotatable bonds is 2. The van der Waals surface area contributed by atoms with Crippen LogP contribution in [0.3, 0.4) is 0 Å². The van der Waals surface area contributed by atoms with E-state index in [1.807, 2.05) is 12.3 Å². The Labute approximate surface area is 189 Å². The number of fused-ring (bicyclic) bond motifs is 7. The van der Waals surface area contributed by atoms with Gasteiger partial charge in [0.05, 0.1) is 11.0 Å². The molecule has 0 fully saturated rings. The summed E-state index contributed by atoms with van der Waals surface area (Å²) in [6.45, 7) is 0. The molecule has 0 aliphatic rings. The van der Waals surface area contributed by atoms with Gasteiger partial charge in [-0.25, -0.2) is 4.98 Å². The van der Waals surface area contributed by atoms with Crippen molar-refractivity contribution in [3.63, 3.8) is 0 Å². The summed E-state index contributed by atoms with van der Waals surface area (Å²) in [6, 6.07) is 36.9. The van der Waals surface area contributed by atoms with Crippen molar-refractivity contribution in [2.24, 2.45) is 0 Å². The summed E-state index contributed by atoms with van der Waals surface area (Å²) in [7, 11) is 0. The third-order valence-electron chi connectivity index (χ3n) is 6.28. The van der Waals surface area contributed by atoms with Gasteiger partial charge in [0.25, 0.3) is 0 Å². The fourth-order valence-electron chi connectivity index (χ4n) is 4.85. The molecule has 0 radical (unpaired) electrons. The smallest absolute Gasteiger partial charge is 0.124 e. The van der Waals surface area contributed by atoms with E-state index in [1.165, 1.54) is 54.1 Å². The largest absolute Gasteiger partial charge is 0.309 e. The van der Waals surface area contributed by atoms with Crippen molar-refractivity contribution in [3.8, 4) is 16.8 Å². The standard InChI is InChI=1S/C29H18N2S/c1-2-7-19(8-3-1)20-12-14-21(15-13-20)31-25-11-5-4-9-22(25)23-16-17-26-27(28(23)31)24-10-6-18-30-29(24)32-26/h1-18H. The Hall–Kier alpha value is -3.95. The molecule has 4 aromatic carbocycles. The molecule has 2 nitrogen and oxygen atoms in total. The summed E-state index contributed by atoms with van der Waals surface area (Å²) in [5.74, 6) is 0. The van der Waals surface area contributed by atoms with Gasteiger partial charge in [-0.05, 0) is 47.5 Å². The number of hydrogen-bond donors (Lipinski definition) is 0. The number of hydrogen-bond acceptors (Lipinski definition) is 2. The monoisotopic (exact) mass is 426 g/mol. The molecule has 3 aromatic heterocycles. The van der Waals surface area contributed by atoms with Crippen molar-refractivity contribution in [1.29, 1.82) is 0 Å². The molecular weight excluding hydrogens is 408 g/mol. The lowest BCUT2D eigenvalue weighted by Gasteiger charge is -2.10. The van der Waals surface area contributed by atoms with Gasteiger partial charge in [0.2, 0.25) is 0 Å². The predicted octanol–water partition coefficient (Wildman–Crippen LogP) is 8.21. The molecule has 0 aliphatic carbocycles. The number of benzene rings is 4. The van der Waals surface area contributed by atoms with Crippen molar-refractivity contribution >= 4 is 53.4 Å². The zero-order valence-electron chi connectivity index (χ0n) is 17.2. The molecule has 0 unspecified atom stereocenters. The fraction of sp³-hybridized carbons (Fsp3) is 0. The maximum absolute atomic E-state index is 4.64. The first-order valence-electron chi connectivity index (χ1n) is 10.7. The molecule has 0 spiro atoms. The third kappa shape index (κ3) is 2.49. The Balaban J connectivity index is 1.59. The van der Waals surface area contributed by atoms with Gasteiger partial charge in [-0.1, -0.05) is 66.7 Å². The number of para-hydroxylation sites is 1. The highest BCUT2D eigenvalue weighted by Gasteiger charge is 2.18. The quantitative estimate of drug-likeness (QED) is 0.272. The van der Waals surface area contributed by atoms with Crippen molar-refractivity contribution in [2.75, 3.05) is 0 Å². The normalized spacial score (nSPS) is 11.8. The molecule has 7 rings (SSSR count). The molecule has 0 atom stereocenters. The Bertz CT molecular complexity index is 1760. The minimum atomic E-state index is 1.09. The zero-order valence-corrected chi connectivity index (χ0v) is 18.0. The Morgan fingerprint density at radius 2 is 1.34 bits per heavy atom. The van der Waals surface area contributed by atoms with Gasteiger partial charge < -0.3 is 4.57 Å². The van der Waals surface area contributed by atoms with E-state index >= 15 is 0 Å². The summed E-state index contributed by atoms with van der Waals surface area (Å²) < 4.78 is 3.69. The second kappa shape index (κ2) is 6.78. The first-order chi connectivity index (χ1) is 15.9. The summed E-state index contributed by atoms with van der Waals surface area (Å²) >= 11 is 1.77. The minimum absolute atomic E-state index is 1.09. The van der Waals surface area contributed by atoms with Crippen molar-refractivity contribution < 1.29 is 0 Å². The Morgan fingerprint density at radius 3 is 2.22 bits per heavy atom. The lowest BCUT2D eigenvalue weighted by molar-refractivity contribution is 1.19. The summed E-state index contributed by atoms with van der Waals surface area (Å²) in [5, 5.41) is 5.07. The van der Waals surface area contributed by atoms with Crippen LogP contribution in [0.25, 0.3) is 58.9 Å². The molecule has 7 aromatic rings. The van der Waals surface area contributed by atoms with Gasteiger partial charge in [-0.15, -0.1) is 11.3 Å². The molecule has 3 heteroatoms. The minimum Gasteiger partial charge on any atom is -0.309 e. The third-order valence-corrected chi connectivity index (χ3v) is 7.36. The fourth-order valence-corrected chi connectivity index (χ4v) is 5.90. The molecule has 0 saturated carbocycles. The van der Waals surface area contributed by atoms with Crippen LogP contribution in [0.5, 0.6) is 0 Å². The van der Waals surface area contributed by atoms with E-state index in [2.05, 4.69) is 107 Å². The average molecular weight is 427 g/mol. The Morgan fingerprint density at radius 1 is 0.594 bits per heavy atom. The number of pyridine rings is 1. The van der Waals surface area contributed by atoms with Crippen LogP contribution in [0, 0.1) is 0 Å². The molecule has 0 aliphatic heterocycles. The van der Waals surface area contributed by atoms with Gasteiger partial charge in [0.1, 0.15) is 4.83 Å². The zero-order chi connectivity index (χ0) is 21.1. The van der Waals surface area contributed by atoms with Gasteiger partial charge in [0, 0.05) is 38.1 Å². The van der Waals surface area contributed by atoms with Crippen molar-refractivity contribution in [1.82, 2.24) is 9.55 Å². The second-order valence-corrected chi connectivity index (χ2v) is 9.09. The second-order valence-electron chi connectivity index (χ2n) is 8.06. The summed E-state index contributed by atoms with van der Waals surface area (Å²) in [6.07, 6.45) is 1.88. The van der Waals surface area contributed by atoms with Gasteiger partial charge in [0.15, 0.2) is 0 Å². The molecular formula is C29H18N2S. The lowest BCUT2D eigenvalue weighted by Crippen LogP contribution is -1.94. The van der Waals surface area contributed by atoms with E-state index in [0.717, 1.165) is 4.83 Å². The average Bonchev–Trinajstić information content (AvgIpc) is 3.40. The van der Waals surface area contributed by atoms with Crippen molar-refractivity contribution in [2.45, 2.75) is 0 Å². The van der Waals surface area contributed by atoms with Crippen LogP contribution >= 0.6 is 11.3 Å². The van der Waals surface area contributed by atoms with Crippen LogP contribution in [0.2, 0.25) is 0 Å². The Kier molecular flexibility index (Phi) is 3.75. The van der Waals surface area contributed by atoms with Crippen molar-refractivity contribution in [3.05, 3.63) is 109 Å². The van der Waals surface area contributed by atoms with Crippen LogP contribution in [0.15, 0.2) is 109 Å². The molecule has 32 heavy (non-hydrogen) atoms. The van der Waals surface area contributed by atoms with Crippen LogP contribution in [-0.2, 0) is 0 Å². The van der Waals surface area contributed by atoms with E-state index in [9.17, 15) is 0 Å². The summed E-state index contributed by atoms with van der Waals surface area (Å²) in [5.41, 5.74) is 6.12. The van der Waals surface area contributed by atoms with Crippen LogP contribution in [0.4, 0.5) is 0 Å². The maximum atomic E-state index is 4.64. The van der Waals surface area contributed by atoms with Gasteiger partial charge >= 0.3 is 0 Å². The molecule has 3 heterocycles. The molecule has 0 bridgehead atoms. The highest BCUT2D eigenvalue weighted by molar-refractivity contribution is 7.25. The van der Waals surface area contributed by atoms with Crippen LogP contribution in [0.1, 0.15) is 0 Å². The molecule has 0 saturated heterocycles. The highest BCUT2D eigenvalue weighted by atomic mass is 32.1. The number of aromatic nitrogens is 2. The van der Waals surface area contributed by atoms with Crippen LogP contribution < -0.4 is 0 Å². The predicted molar refractivity (Wildman–Crippen MR) is 137 cm³/mol. The number of nitrogens with zero attached hydrogens (tertiary/aromatic N) is 2. The lowest BCUT2D eigenvalue weighted by atomic mass is 10.1. The van der Waals surface area contributed by atoms with E-state index in [1.54, 1.807) is 11.3 Å². The molecule has 0 N–H and O–H groups in total. The van der Waals surface area contributed by atoms with E-state index < -0.39 is 0 Å². The highest BCUT2D eigenvalue weighted by Crippen LogP contribution is 2.42. The van der Waals surface area contributed by atoms with E-state index in [4.69, 9.17) is 0 Å². The van der Waals surface area contributed by atoms with E-state index in [-0.39, 0.29) is 0 Å². The van der Waals surface area contributed by atoms with Gasteiger partial charge in [-0.3, -0.25) is 0 Å². The SMILES string of the molecule is c1ccc(-c2ccc(-n3c4ccccc4c4ccc5sc6ncccc6c5c43)cc2)cc1. The summed E-state index contributed by atoms with van der Waals surface area (Å²) in [4.78, 5) is 5.73. The maximum Gasteiger partial charge on any atom is 0.124 e. The van der Waals surface area contributed by atoms with Gasteiger partial charge in [-0.2, -0.15) is 0 Å². The van der Waals surface area contributed by atoms with Crippen LogP contribution in [-0.4, -0.2) is 9.55 Å². The number of thiophene rings is 1. The molecule has 0 amide bonds.